The highest BCUT2D eigenvalue weighted by atomic mass is 35.5. The molecule has 5 heteroatoms. The minimum atomic E-state index is -0.197. The Kier molecular flexibility index (Phi) is 5.61. The molecule has 1 unspecified atom stereocenters. The second-order valence-corrected chi connectivity index (χ2v) is 6.91. The van der Waals surface area contributed by atoms with Gasteiger partial charge in [0.1, 0.15) is 5.75 Å². The number of likely N-dealkylation sites (tertiary alicyclic amines) is 1. The molecule has 132 valence electrons. The number of piperidine rings is 1. The van der Waals surface area contributed by atoms with Gasteiger partial charge >= 0.3 is 5.97 Å². The van der Waals surface area contributed by atoms with E-state index < -0.39 is 0 Å². The molecule has 1 fully saturated rings. The van der Waals surface area contributed by atoms with Gasteiger partial charge in [-0.2, -0.15) is 0 Å². The molecule has 0 aliphatic carbocycles. The third-order valence-electron chi connectivity index (χ3n) is 4.84. The van der Waals surface area contributed by atoms with Gasteiger partial charge in [-0.05, 0) is 54.3 Å². The van der Waals surface area contributed by atoms with Gasteiger partial charge in [0.15, 0.2) is 0 Å². The van der Waals surface area contributed by atoms with Crippen LogP contribution in [-0.2, 0) is 16.1 Å². The van der Waals surface area contributed by atoms with E-state index in [1.54, 1.807) is 12.1 Å². The number of carbonyl (C=O) groups excluding carboxylic acids is 1. The molecule has 2 aromatic carbocycles. The third kappa shape index (κ3) is 4.33. The number of nitrogens with zero attached hydrogens (tertiary/aromatic N) is 1. The molecular weight excluding hydrogens is 338 g/mol. The zero-order valence-electron chi connectivity index (χ0n) is 14.2. The first-order chi connectivity index (χ1) is 12.1. The summed E-state index contributed by atoms with van der Waals surface area (Å²) in [5.74, 6) is 0.0332. The van der Waals surface area contributed by atoms with Crippen LogP contribution in [0, 0.1) is 5.92 Å². The molecular formula is C20H22ClNO3. The van der Waals surface area contributed by atoms with E-state index in [4.69, 9.17) is 16.3 Å². The first-order valence-electron chi connectivity index (χ1n) is 8.40. The number of phenolic OH excluding ortho intramolecular Hbond substituents is 1. The number of aromatic hydroxyl groups is 1. The van der Waals surface area contributed by atoms with E-state index in [1.807, 2.05) is 36.4 Å². The zero-order chi connectivity index (χ0) is 17.8. The lowest BCUT2D eigenvalue weighted by molar-refractivity contribution is -0.148. The summed E-state index contributed by atoms with van der Waals surface area (Å²) in [6.07, 6.45) is 0.888. The van der Waals surface area contributed by atoms with Crippen molar-refractivity contribution in [2.75, 3.05) is 20.2 Å². The number of rotatable bonds is 4. The van der Waals surface area contributed by atoms with Gasteiger partial charge in [0.25, 0.3) is 0 Å². The maximum atomic E-state index is 12.4. The van der Waals surface area contributed by atoms with Crippen LogP contribution < -0.4 is 0 Å². The van der Waals surface area contributed by atoms with E-state index in [0.717, 1.165) is 30.6 Å². The first-order valence-corrected chi connectivity index (χ1v) is 8.78. The fraction of sp³-hybridized carbons (Fsp3) is 0.350. The number of phenols is 1. The molecule has 1 aliphatic rings. The standard InChI is InChI=1S/C20H22ClNO3/c1-25-20(24)19-13-22(12-14-2-8-17(23)9-3-14)11-10-18(19)15-4-6-16(21)7-5-15/h2-9,18-19,23H,10-13H2,1H3/t18-,19?/m1/s1. The SMILES string of the molecule is COC(=O)C1CN(Cc2ccc(O)cc2)CC[C@@H]1c1ccc(Cl)cc1. The van der Waals surface area contributed by atoms with Crippen LogP contribution in [0.4, 0.5) is 0 Å². The van der Waals surface area contributed by atoms with Crippen molar-refractivity contribution in [1.82, 2.24) is 4.90 Å². The van der Waals surface area contributed by atoms with E-state index in [0.29, 0.717) is 11.6 Å². The highest BCUT2D eigenvalue weighted by molar-refractivity contribution is 6.30. The van der Waals surface area contributed by atoms with Crippen LogP contribution >= 0.6 is 11.6 Å². The minimum Gasteiger partial charge on any atom is -0.508 e. The average Bonchev–Trinajstić information content (AvgIpc) is 2.64. The lowest BCUT2D eigenvalue weighted by atomic mass is 9.80. The fourth-order valence-electron chi connectivity index (χ4n) is 3.52. The lowest BCUT2D eigenvalue weighted by Crippen LogP contribution is -2.42. The van der Waals surface area contributed by atoms with Crippen LogP contribution in [0.15, 0.2) is 48.5 Å². The monoisotopic (exact) mass is 359 g/mol. The Morgan fingerprint density at radius 2 is 1.88 bits per heavy atom. The Morgan fingerprint density at radius 3 is 2.52 bits per heavy atom. The number of methoxy groups -OCH3 is 1. The van der Waals surface area contributed by atoms with Gasteiger partial charge in [-0.25, -0.2) is 0 Å². The summed E-state index contributed by atoms with van der Waals surface area (Å²) in [6.45, 7) is 2.31. The quantitative estimate of drug-likeness (QED) is 0.843. The van der Waals surface area contributed by atoms with Crippen molar-refractivity contribution in [3.63, 3.8) is 0 Å². The molecule has 0 aromatic heterocycles. The van der Waals surface area contributed by atoms with Crippen molar-refractivity contribution in [1.29, 1.82) is 0 Å². The van der Waals surface area contributed by atoms with Crippen LogP contribution in [-0.4, -0.2) is 36.2 Å². The van der Waals surface area contributed by atoms with Crippen LogP contribution in [0.1, 0.15) is 23.5 Å². The summed E-state index contributed by atoms with van der Waals surface area (Å²) >= 11 is 5.98. The largest absolute Gasteiger partial charge is 0.508 e. The molecule has 25 heavy (non-hydrogen) atoms. The first kappa shape index (κ1) is 17.8. The highest BCUT2D eigenvalue weighted by Crippen LogP contribution is 2.35. The molecule has 0 amide bonds. The summed E-state index contributed by atoms with van der Waals surface area (Å²) in [6, 6.07) is 14.9. The molecule has 1 N–H and O–H groups in total. The zero-order valence-corrected chi connectivity index (χ0v) is 14.9. The van der Waals surface area contributed by atoms with Gasteiger partial charge in [-0.15, -0.1) is 0 Å². The number of benzene rings is 2. The number of hydrogen-bond donors (Lipinski definition) is 1. The molecule has 1 heterocycles. The predicted octanol–water partition coefficient (Wildman–Crippen LogP) is 3.82. The van der Waals surface area contributed by atoms with Crippen molar-refractivity contribution in [3.05, 3.63) is 64.7 Å². The Morgan fingerprint density at radius 1 is 1.20 bits per heavy atom. The maximum absolute atomic E-state index is 12.4. The Bertz CT molecular complexity index is 715. The number of esters is 1. The highest BCUT2D eigenvalue weighted by Gasteiger charge is 2.35. The summed E-state index contributed by atoms with van der Waals surface area (Å²) in [5, 5.41) is 10.1. The second-order valence-electron chi connectivity index (χ2n) is 6.48. The summed E-state index contributed by atoms with van der Waals surface area (Å²) in [5.41, 5.74) is 2.25. The fourth-order valence-corrected chi connectivity index (χ4v) is 3.65. The second kappa shape index (κ2) is 7.89. The van der Waals surface area contributed by atoms with Crippen molar-refractivity contribution in [2.45, 2.75) is 18.9 Å². The molecule has 3 rings (SSSR count). The van der Waals surface area contributed by atoms with E-state index in [1.165, 1.54) is 7.11 Å². The van der Waals surface area contributed by atoms with Crippen molar-refractivity contribution in [2.24, 2.45) is 5.92 Å². The molecule has 0 radical (unpaired) electrons. The Balaban J connectivity index is 1.74. The van der Waals surface area contributed by atoms with Gasteiger partial charge in [-0.1, -0.05) is 35.9 Å². The summed E-state index contributed by atoms with van der Waals surface area (Å²) in [4.78, 5) is 14.6. The van der Waals surface area contributed by atoms with E-state index >= 15 is 0 Å². The van der Waals surface area contributed by atoms with Crippen LogP contribution in [0.2, 0.25) is 5.02 Å². The number of ether oxygens (including phenoxy) is 1. The normalized spacial score (nSPS) is 21.0. The van der Waals surface area contributed by atoms with Crippen molar-refractivity contribution >= 4 is 17.6 Å². The van der Waals surface area contributed by atoms with E-state index in [-0.39, 0.29) is 23.6 Å². The third-order valence-corrected chi connectivity index (χ3v) is 5.09. The average molecular weight is 360 g/mol. The van der Waals surface area contributed by atoms with Gasteiger partial charge in [0.05, 0.1) is 13.0 Å². The molecule has 0 saturated carbocycles. The lowest BCUT2D eigenvalue weighted by Gasteiger charge is -2.37. The maximum Gasteiger partial charge on any atom is 0.310 e. The molecule has 2 aromatic rings. The summed E-state index contributed by atoms with van der Waals surface area (Å²) in [7, 11) is 1.44. The van der Waals surface area contributed by atoms with Gasteiger partial charge in [-0.3, -0.25) is 9.69 Å². The van der Waals surface area contributed by atoms with Gasteiger partial charge < -0.3 is 9.84 Å². The molecule has 2 atom stereocenters. The Labute approximate surface area is 153 Å². The van der Waals surface area contributed by atoms with Crippen LogP contribution in [0.25, 0.3) is 0 Å². The minimum absolute atomic E-state index is 0.140. The van der Waals surface area contributed by atoms with Gasteiger partial charge in [0, 0.05) is 18.1 Å². The molecule has 0 spiro atoms. The number of halogens is 1. The molecule has 4 nitrogen and oxygen atoms in total. The van der Waals surface area contributed by atoms with Gasteiger partial charge in [0.2, 0.25) is 0 Å². The topological polar surface area (TPSA) is 49.8 Å². The molecule has 1 saturated heterocycles. The van der Waals surface area contributed by atoms with Crippen LogP contribution in [0.3, 0.4) is 0 Å². The molecule has 0 bridgehead atoms. The number of carbonyl (C=O) groups is 1. The van der Waals surface area contributed by atoms with Crippen molar-refractivity contribution < 1.29 is 14.6 Å². The predicted molar refractivity (Wildman–Crippen MR) is 97.7 cm³/mol. The number of hydrogen-bond acceptors (Lipinski definition) is 4. The Hall–Kier alpha value is -2.04. The van der Waals surface area contributed by atoms with Crippen molar-refractivity contribution in [3.8, 4) is 5.75 Å². The summed E-state index contributed by atoms with van der Waals surface area (Å²) < 4.78 is 5.05. The smallest absolute Gasteiger partial charge is 0.310 e. The van der Waals surface area contributed by atoms with E-state index in [9.17, 15) is 9.90 Å². The molecule has 1 aliphatic heterocycles. The van der Waals surface area contributed by atoms with Crippen LogP contribution in [0.5, 0.6) is 5.75 Å². The van der Waals surface area contributed by atoms with E-state index in [2.05, 4.69) is 4.90 Å².